The minimum absolute atomic E-state index is 0.629. The molecule has 0 amide bonds. The van der Waals surface area contributed by atoms with E-state index in [1.807, 2.05) is 41.5 Å². The molecule has 0 saturated carbocycles. The predicted octanol–water partition coefficient (Wildman–Crippen LogP) is 3.04. The molecule has 0 saturated heterocycles. The molecule has 0 heterocycles. The van der Waals surface area contributed by atoms with Crippen LogP contribution in [0.25, 0.3) is 0 Å². The summed E-state index contributed by atoms with van der Waals surface area (Å²) in [7, 11) is -5.02. The molecule has 0 aliphatic rings. The molecule has 182 valence electrons. The molecule has 0 radical (unpaired) electrons. The van der Waals surface area contributed by atoms with Gasteiger partial charge >= 0.3 is 17.6 Å². The van der Waals surface area contributed by atoms with Crippen LogP contribution in [0, 0.1) is 0 Å². The summed E-state index contributed by atoms with van der Waals surface area (Å²) in [4.78, 5) is 0. The lowest BCUT2D eigenvalue weighted by molar-refractivity contribution is 0.0700. The van der Waals surface area contributed by atoms with Crippen molar-refractivity contribution in [2.75, 3.05) is 65.8 Å². The maximum Gasteiger partial charge on any atom is 0.500 e. The molecule has 10 heteroatoms. The molecule has 0 spiro atoms. The van der Waals surface area contributed by atoms with Crippen molar-refractivity contribution in [3.8, 4) is 0 Å². The van der Waals surface area contributed by atoms with Gasteiger partial charge in [0.2, 0.25) is 0 Å². The van der Waals surface area contributed by atoms with Crippen molar-refractivity contribution in [3.63, 3.8) is 0 Å². The standard InChI is InChI=1S/C20H48N2O6Si2/c1-7-23-29(24-8-2,25-9-3)19-13-15-21-17-18-22-16-14-20-30(26-10-4,27-11-5)28-12-6/h21-22H,7-20H2,1-6H3. The monoisotopic (exact) mass is 468 g/mol. The molecule has 0 aromatic rings. The smallest absolute Gasteiger partial charge is 0.374 e. The Hall–Kier alpha value is 0.114. The largest absolute Gasteiger partial charge is 0.500 e. The molecule has 30 heavy (non-hydrogen) atoms. The first kappa shape index (κ1) is 30.1. The Bertz CT molecular complexity index is 315. The van der Waals surface area contributed by atoms with Gasteiger partial charge in [-0.1, -0.05) is 0 Å². The first-order valence-corrected chi connectivity index (χ1v) is 15.7. The summed E-state index contributed by atoms with van der Waals surface area (Å²) in [5, 5.41) is 6.96. The van der Waals surface area contributed by atoms with Gasteiger partial charge in [0.15, 0.2) is 0 Å². The minimum Gasteiger partial charge on any atom is -0.374 e. The van der Waals surface area contributed by atoms with Crippen molar-refractivity contribution in [1.82, 2.24) is 10.6 Å². The Morgan fingerprint density at radius 3 is 0.933 bits per heavy atom. The fourth-order valence-electron chi connectivity index (χ4n) is 3.29. The van der Waals surface area contributed by atoms with Gasteiger partial charge in [0.25, 0.3) is 0 Å². The summed E-state index contributed by atoms with van der Waals surface area (Å²) < 4.78 is 35.3. The molecule has 2 N–H and O–H groups in total. The van der Waals surface area contributed by atoms with Gasteiger partial charge in [0.1, 0.15) is 0 Å². The van der Waals surface area contributed by atoms with Crippen LogP contribution in [-0.2, 0) is 26.6 Å². The van der Waals surface area contributed by atoms with E-state index >= 15 is 0 Å². The van der Waals surface area contributed by atoms with Gasteiger partial charge in [-0.05, 0) is 67.5 Å². The summed E-state index contributed by atoms with van der Waals surface area (Å²) in [5.41, 5.74) is 0. The molecule has 0 rings (SSSR count). The Kier molecular flexibility index (Phi) is 19.8. The van der Waals surface area contributed by atoms with E-state index < -0.39 is 17.6 Å². The van der Waals surface area contributed by atoms with Gasteiger partial charge < -0.3 is 37.2 Å². The fraction of sp³-hybridized carbons (Fsp3) is 1.00. The number of hydrogen-bond donors (Lipinski definition) is 2. The first-order chi connectivity index (χ1) is 14.6. The van der Waals surface area contributed by atoms with Crippen molar-refractivity contribution in [3.05, 3.63) is 0 Å². The van der Waals surface area contributed by atoms with E-state index in [0.717, 1.165) is 51.1 Å². The van der Waals surface area contributed by atoms with Gasteiger partial charge in [-0.3, -0.25) is 0 Å². The molecular formula is C20H48N2O6Si2. The maximum atomic E-state index is 5.89. The average Bonchev–Trinajstić information content (AvgIpc) is 2.70. The van der Waals surface area contributed by atoms with E-state index in [1.165, 1.54) is 0 Å². The predicted molar refractivity (Wildman–Crippen MR) is 126 cm³/mol. The second kappa shape index (κ2) is 19.8. The quantitative estimate of drug-likeness (QED) is 0.175. The van der Waals surface area contributed by atoms with Gasteiger partial charge in [0.05, 0.1) is 0 Å². The zero-order chi connectivity index (χ0) is 22.6. The van der Waals surface area contributed by atoms with Crippen molar-refractivity contribution >= 4 is 17.6 Å². The molecule has 0 fully saturated rings. The Morgan fingerprint density at radius 1 is 0.433 bits per heavy atom. The maximum absolute atomic E-state index is 5.89. The normalized spacial score (nSPS) is 12.6. The highest BCUT2D eigenvalue weighted by molar-refractivity contribution is 6.61. The lowest BCUT2D eigenvalue weighted by Gasteiger charge is -2.28. The molecule has 0 unspecified atom stereocenters. The van der Waals surface area contributed by atoms with Gasteiger partial charge in [-0.25, -0.2) is 0 Å². The van der Waals surface area contributed by atoms with Crippen LogP contribution in [-0.4, -0.2) is 83.4 Å². The van der Waals surface area contributed by atoms with Crippen LogP contribution in [0.15, 0.2) is 0 Å². The van der Waals surface area contributed by atoms with Crippen molar-refractivity contribution in [2.45, 2.75) is 66.5 Å². The van der Waals surface area contributed by atoms with E-state index in [0.29, 0.717) is 39.6 Å². The summed E-state index contributed by atoms with van der Waals surface area (Å²) in [6, 6.07) is 1.70. The molecule has 0 atom stereocenters. The fourth-order valence-corrected chi connectivity index (χ4v) is 8.51. The molecule has 0 aliphatic heterocycles. The lowest BCUT2D eigenvalue weighted by atomic mass is 10.4. The van der Waals surface area contributed by atoms with E-state index in [4.69, 9.17) is 26.6 Å². The Balaban J connectivity index is 3.97. The summed E-state index contributed by atoms with van der Waals surface area (Å²) in [5.74, 6) is 0. The molecule has 8 nitrogen and oxygen atoms in total. The second-order valence-corrected chi connectivity index (χ2v) is 12.1. The number of rotatable bonds is 23. The van der Waals surface area contributed by atoms with E-state index in [1.54, 1.807) is 0 Å². The molecule has 0 aromatic heterocycles. The SMILES string of the molecule is CCO[Si](CCCNCCNCCC[Si](OCC)(OCC)OCC)(OCC)OCC. The van der Waals surface area contributed by atoms with E-state index in [-0.39, 0.29) is 0 Å². The highest BCUT2D eigenvalue weighted by Crippen LogP contribution is 2.18. The molecule has 0 aromatic carbocycles. The van der Waals surface area contributed by atoms with Crippen molar-refractivity contribution in [2.24, 2.45) is 0 Å². The van der Waals surface area contributed by atoms with Crippen LogP contribution in [0.3, 0.4) is 0 Å². The van der Waals surface area contributed by atoms with Crippen molar-refractivity contribution < 1.29 is 26.6 Å². The average molecular weight is 469 g/mol. The minimum atomic E-state index is -2.51. The third-order valence-corrected chi connectivity index (χ3v) is 10.6. The third-order valence-electron chi connectivity index (χ3n) is 4.34. The number of nitrogens with one attached hydrogen (secondary N) is 2. The van der Waals surface area contributed by atoms with Crippen LogP contribution < -0.4 is 10.6 Å². The summed E-state index contributed by atoms with van der Waals surface area (Å²) in [6.45, 7) is 19.4. The zero-order valence-corrected chi connectivity index (χ0v) is 22.3. The van der Waals surface area contributed by atoms with Gasteiger partial charge in [-0.2, -0.15) is 0 Å². The second-order valence-electron chi connectivity index (χ2n) is 6.67. The van der Waals surface area contributed by atoms with Crippen LogP contribution in [0.4, 0.5) is 0 Å². The lowest BCUT2D eigenvalue weighted by Crippen LogP contribution is -2.46. The highest BCUT2D eigenvalue weighted by Gasteiger charge is 2.40. The van der Waals surface area contributed by atoms with Gasteiger partial charge in [-0.15, -0.1) is 0 Å². The zero-order valence-electron chi connectivity index (χ0n) is 20.3. The Morgan fingerprint density at radius 2 is 0.700 bits per heavy atom. The highest BCUT2D eigenvalue weighted by atomic mass is 28.4. The molecule has 0 bridgehead atoms. The molecular weight excluding hydrogens is 420 g/mol. The topological polar surface area (TPSA) is 79.4 Å². The molecule has 0 aliphatic carbocycles. The van der Waals surface area contributed by atoms with Crippen molar-refractivity contribution in [1.29, 1.82) is 0 Å². The summed E-state index contributed by atoms with van der Waals surface area (Å²) in [6.07, 6.45) is 1.97. The van der Waals surface area contributed by atoms with E-state index in [9.17, 15) is 0 Å². The van der Waals surface area contributed by atoms with Crippen LogP contribution in [0.2, 0.25) is 12.1 Å². The third kappa shape index (κ3) is 13.5. The first-order valence-electron chi connectivity index (χ1n) is 11.8. The van der Waals surface area contributed by atoms with Gasteiger partial charge in [0, 0.05) is 64.8 Å². The summed E-state index contributed by atoms with van der Waals surface area (Å²) >= 11 is 0. The van der Waals surface area contributed by atoms with Crippen LogP contribution in [0.1, 0.15) is 54.4 Å². The van der Waals surface area contributed by atoms with Crippen LogP contribution >= 0.6 is 0 Å². The van der Waals surface area contributed by atoms with Crippen LogP contribution in [0.5, 0.6) is 0 Å². The van der Waals surface area contributed by atoms with E-state index in [2.05, 4.69) is 10.6 Å². The number of hydrogen-bond acceptors (Lipinski definition) is 8. The Labute approximate surface area is 187 Å².